The average molecular weight is 225 g/mol. The highest BCUT2D eigenvalue weighted by Gasteiger charge is 2.07. The van der Waals surface area contributed by atoms with Crippen LogP contribution in [0.15, 0.2) is 0 Å². The predicted octanol–water partition coefficient (Wildman–Crippen LogP) is 0.762. The van der Waals surface area contributed by atoms with E-state index in [0.717, 1.165) is 18.6 Å². The highest BCUT2D eigenvalue weighted by Crippen LogP contribution is 2.04. The maximum absolute atomic E-state index is 10.8. The molecule has 1 N–H and O–H groups in total. The third kappa shape index (κ3) is 8.59. The molecule has 0 fully saturated rings. The number of nitrogens with one attached hydrogen (secondary N) is 1. The maximum Gasteiger partial charge on any atom is 0.147 e. The highest BCUT2D eigenvalue weighted by molar-refractivity contribution is 7.98. The number of rotatable bonds is 7. The maximum atomic E-state index is 10.8. The molecule has 0 aromatic rings. The van der Waals surface area contributed by atoms with Crippen molar-refractivity contribution >= 4 is 21.6 Å². The van der Waals surface area contributed by atoms with E-state index in [9.17, 15) is 8.42 Å². The standard InChI is InChI=1S/C8H19NO2S2/c1-9-8(7-12-2)5-4-6-13(3,10)11/h8-9H,4-7H2,1-3H3. The molecule has 1 atom stereocenters. The number of hydrogen-bond donors (Lipinski definition) is 1. The second-order valence-electron chi connectivity index (χ2n) is 3.21. The van der Waals surface area contributed by atoms with Crippen molar-refractivity contribution in [3.63, 3.8) is 0 Å². The lowest BCUT2D eigenvalue weighted by Crippen LogP contribution is -2.28. The average Bonchev–Trinajstić information content (AvgIpc) is 2.01. The number of hydrogen-bond acceptors (Lipinski definition) is 4. The van der Waals surface area contributed by atoms with E-state index in [0.29, 0.717) is 11.8 Å². The Morgan fingerprint density at radius 3 is 2.46 bits per heavy atom. The monoisotopic (exact) mass is 225 g/mol. The minimum absolute atomic E-state index is 0.305. The molecule has 0 rings (SSSR count). The van der Waals surface area contributed by atoms with Gasteiger partial charge in [-0.15, -0.1) is 0 Å². The van der Waals surface area contributed by atoms with Gasteiger partial charge in [0.05, 0.1) is 0 Å². The van der Waals surface area contributed by atoms with Gasteiger partial charge in [-0.3, -0.25) is 0 Å². The first kappa shape index (κ1) is 13.3. The van der Waals surface area contributed by atoms with E-state index < -0.39 is 9.84 Å². The molecular formula is C8H19NO2S2. The van der Waals surface area contributed by atoms with Gasteiger partial charge in [-0.25, -0.2) is 8.42 Å². The lowest BCUT2D eigenvalue weighted by molar-refractivity contribution is 0.556. The number of thioether (sulfide) groups is 1. The fourth-order valence-corrected chi connectivity index (χ4v) is 2.53. The third-order valence-corrected chi connectivity index (χ3v) is 3.61. The molecule has 0 aromatic carbocycles. The van der Waals surface area contributed by atoms with Gasteiger partial charge in [-0.1, -0.05) is 0 Å². The summed E-state index contributed by atoms with van der Waals surface area (Å²) in [5.74, 6) is 1.35. The van der Waals surface area contributed by atoms with Crippen molar-refractivity contribution in [3.8, 4) is 0 Å². The summed E-state index contributed by atoms with van der Waals surface area (Å²) in [5.41, 5.74) is 0. The van der Waals surface area contributed by atoms with Crippen LogP contribution in [0.25, 0.3) is 0 Å². The molecule has 5 heteroatoms. The van der Waals surface area contributed by atoms with Gasteiger partial charge in [-0.05, 0) is 26.1 Å². The molecule has 1 unspecified atom stereocenters. The zero-order valence-electron chi connectivity index (χ0n) is 8.54. The van der Waals surface area contributed by atoms with Crippen LogP contribution in [0.5, 0.6) is 0 Å². The second kappa shape index (κ2) is 6.68. The van der Waals surface area contributed by atoms with Gasteiger partial charge in [0.2, 0.25) is 0 Å². The van der Waals surface area contributed by atoms with E-state index >= 15 is 0 Å². The molecule has 0 spiro atoms. The lowest BCUT2D eigenvalue weighted by atomic mass is 10.2. The summed E-state index contributed by atoms with van der Waals surface area (Å²) in [5, 5.41) is 3.17. The van der Waals surface area contributed by atoms with E-state index in [1.54, 1.807) is 11.8 Å². The third-order valence-electron chi connectivity index (χ3n) is 1.84. The molecule has 0 aliphatic rings. The quantitative estimate of drug-likeness (QED) is 0.695. The Labute approximate surface area is 85.6 Å². The SMILES string of the molecule is CNC(CCCS(C)(=O)=O)CSC. The molecule has 0 saturated carbocycles. The van der Waals surface area contributed by atoms with E-state index in [-0.39, 0.29) is 0 Å². The van der Waals surface area contributed by atoms with Crippen LogP contribution in [0.4, 0.5) is 0 Å². The van der Waals surface area contributed by atoms with Gasteiger partial charge in [0.1, 0.15) is 9.84 Å². The van der Waals surface area contributed by atoms with Gasteiger partial charge < -0.3 is 5.32 Å². The van der Waals surface area contributed by atoms with Crippen LogP contribution in [0.2, 0.25) is 0 Å². The fraction of sp³-hybridized carbons (Fsp3) is 1.00. The summed E-state index contributed by atoms with van der Waals surface area (Å²) in [7, 11) is -0.860. The van der Waals surface area contributed by atoms with E-state index in [4.69, 9.17) is 0 Å². The van der Waals surface area contributed by atoms with E-state index in [2.05, 4.69) is 11.6 Å². The lowest BCUT2D eigenvalue weighted by Gasteiger charge is -2.13. The molecule has 0 aliphatic heterocycles. The van der Waals surface area contributed by atoms with E-state index in [1.807, 2.05) is 7.05 Å². The Bertz CT molecular complexity index is 214. The van der Waals surface area contributed by atoms with Crippen LogP contribution < -0.4 is 5.32 Å². The first-order valence-corrected chi connectivity index (χ1v) is 7.79. The summed E-state index contributed by atoms with van der Waals surface area (Å²) in [6.07, 6.45) is 5.03. The molecule has 0 saturated heterocycles. The van der Waals surface area contributed by atoms with Crippen molar-refractivity contribution in [1.82, 2.24) is 5.32 Å². The van der Waals surface area contributed by atoms with Crippen molar-refractivity contribution in [2.45, 2.75) is 18.9 Å². The van der Waals surface area contributed by atoms with E-state index in [1.165, 1.54) is 6.26 Å². The van der Waals surface area contributed by atoms with Crippen molar-refractivity contribution in [1.29, 1.82) is 0 Å². The van der Waals surface area contributed by atoms with Gasteiger partial charge >= 0.3 is 0 Å². The van der Waals surface area contributed by atoms with Crippen molar-refractivity contribution < 1.29 is 8.42 Å². The first-order valence-electron chi connectivity index (χ1n) is 4.33. The van der Waals surface area contributed by atoms with Gasteiger partial charge in [0.15, 0.2) is 0 Å². The Morgan fingerprint density at radius 1 is 1.46 bits per heavy atom. The molecule has 0 amide bonds. The summed E-state index contributed by atoms with van der Waals surface area (Å²) < 4.78 is 21.7. The van der Waals surface area contributed by atoms with Crippen molar-refractivity contribution in [2.24, 2.45) is 0 Å². The Kier molecular flexibility index (Phi) is 6.81. The Balaban J connectivity index is 3.61. The van der Waals surface area contributed by atoms with Crippen LogP contribution in [0.1, 0.15) is 12.8 Å². The molecule has 3 nitrogen and oxygen atoms in total. The van der Waals surface area contributed by atoms with Crippen LogP contribution in [-0.4, -0.2) is 45.5 Å². The molecule has 0 aliphatic carbocycles. The molecule has 80 valence electrons. The zero-order valence-corrected chi connectivity index (χ0v) is 10.2. The smallest absolute Gasteiger partial charge is 0.147 e. The van der Waals surface area contributed by atoms with Gasteiger partial charge in [0, 0.05) is 23.8 Å². The fourth-order valence-electron chi connectivity index (χ4n) is 1.10. The predicted molar refractivity (Wildman–Crippen MR) is 60.2 cm³/mol. The number of sulfone groups is 1. The summed E-state index contributed by atoms with van der Waals surface area (Å²) in [4.78, 5) is 0. The summed E-state index contributed by atoms with van der Waals surface area (Å²) in [6.45, 7) is 0. The van der Waals surface area contributed by atoms with Crippen molar-refractivity contribution in [2.75, 3.05) is 31.1 Å². The molecule has 0 aromatic heterocycles. The summed E-state index contributed by atoms with van der Waals surface area (Å²) in [6, 6.07) is 0.441. The molecule has 0 bridgehead atoms. The van der Waals surface area contributed by atoms with Gasteiger partial charge in [-0.2, -0.15) is 11.8 Å². The summed E-state index contributed by atoms with van der Waals surface area (Å²) >= 11 is 1.78. The highest BCUT2D eigenvalue weighted by atomic mass is 32.2. The Hall–Kier alpha value is 0.260. The minimum atomic E-state index is -2.78. The molecular weight excluding hydrogens is 206 g/mol. The van der Waals surface area contributed by atoms with Crippen LogP contribution in [0, 0.1) is 0 Å². The van der Waals surface area contributed by atoms with Crippen LogP contribution >= 0.6 is 11.8 Å². The molecule has 0 heterocycles. The topological polar surface area (TPSA) is 46.2 Å². The van der Waals surface area contributed by atoms with Crippen LogP contribution in [-0.2, 0) is 9.84 Å². The van der Waals surface area contributed by atoms with Crippen molar-refractivity contribution in [3.05, 3.63) is 0 Å². The normalized spacial score (nSPS) is 14.4. The second-order valence-corrected chi connectivity index (χ2v) is 6.38. The minimum Gasteiger partial charge on any atom is -0.316 e. The molecule has 13 heavy (non-hydrogen) atoms. The molecule has 0 radical (unpaired) electrons. The first-order chi connectivity index (χ1) is 5.99. The van der Waals surface area contributed by atoms with Crippen LogP contribution in [0.3, 0.4) is 0 Å². The Morgan fingerprint density at radius 2 is 2.08 bits per heavy atom. The largest absolute Gasteiger partial charge is 0.316 e. The van der Waals surface area contributed by atoms with Gasteiger partial charge in [0.25, 0.3) is 0 Å². The zero-order chi connectivity index (χ0) is 10.3.